The summed E-state index contributed by atoms with van der Waals surface area (Å²) in [6.07, 6.45) is 9.34. The first-order valence-corrected chi connectivity index (χ1v) is 40.8. The van der Waals surface area contributed by atoms with E-state index in [-0.39, 0.29) is 30.6 Å². The number of rotatable bonds is 18. The zero-order chi connectivity index (χ0) is 79.3. The van der Waals surface area contributed by atoms with Crippen LogP contribution in [0.5, 0.6) is 0 Å². The molecule has 3 aliphatic heterocycles. The lowest BCUT2D eigenvalue weighted by atomic mass is 9.83. The molecule has 7 aromatic carbocycles. The monoisotopic (exact) mass is 1650 g/mol. The van der Waals surface area contributed by atoms with Gasteiger partial charge in [-0.15, -0.1) is 10.1 Å². The number of anilines is 4. The second kappa shape index (κ2) is 38.5. The second-order valence-electron chi connectivity index (χ2n) is 28.1. The van der Waals surface area contributed by atoms with Crippen molar-refractivity contribution in [2.45, 2.75) is 118 Å². The number of carbonyl (C=O) groups is 3. The lowest BCUT2D eigenvalue weighted by Gasteiger charge is -2.37. The molecule has 3 aliphatic rings. The number of para-hydroxylation sites is 1. The van der Waals surface area contributed by atoms with Gasteiger partial charge in [0.15, 0.2) is 5.82 Å². The summed E-state index contributed by atoms with van der Waals surface area (Å²) < 4.78 is 42.5. The zero-order valence-electron chi connectivity index (χ0n) is 61.7. The van der Waals surface area contributed by atoms with Crippen molar-refractivity contribution in [3.05, 3.63) is 240 Å². The maximum Gasteiger partial charge on any atom is 0.416 e. The Morgan fingerprint density at radius 3 is 2.24 bits per heavy atom. The van der Waals surface area contributed by atoms with Crippen LogP contribution in [0.3, 0.4) is 0 Å². The number of hydrogen-bond acceptors (Lipinski definition) is 13. The van der Waals surface area contributed by atoms with Crippen LogP contribution in [0.2, 0.25) is 20.1 Å². The summed E-state index contributed by atoms with van der Waals surface area (Å²) in [5, 5.41) is 16.6. The van der Waals surface area contributed by atoms with Gasteiger partial charge in [0, 0.05) is 110 Å². The average Bonchev–Trinajstić information content (AvgIpc) is 1.62. The van der Waals surface area contributed by atoms with Crippen LogP contribution in [0.4, 0.5) is 36.2 Å². The normalized spacial score (nSPS) is 14.4. The molecule has 2 fully saturated rings. The summed E-state index contributed by atoms with van der Waals surface area (Å²) in [6.45, 7) is 14.6. The minimum absolute atomic E-state index is 0. The molecule has 2 saturated heterocycles. The molecule has 15 rings (SSSR count). The quantitative estimate of drug-likeness (QED) is 0.0359. The van der Waals surface area contributed by atoms with Crippen LogP contribution in [-0.4, -0.2) is 108 Å². The number of carbonyl (C=O) groups excluding carboxylic acids is 3. The molecule has 2 atom stereocenters. The first-order valence-electron chi connectivity index (χ1n) is 36.0. The number of aromatic amines is 3. The van der Waals surface area contributed by atoms with Crippen LogP contribution in [0.1, 0.15) is 120 Å². The summed E-state index contributed by atoms with van der Waals surface area (Å²) in [5.41, 5.74) is 32.4. The number of amides is 3. The number of H-pyrrole nitrogens is 3. The van der Waals surface area contributed by atoms with E-state index < -0.39 is 29.6 Å². The van der Waals surface area contributed by atoms with Gasteiger partial charge in [-0.25, -0.2) is 19.9 Å². The Morgan fingerprint density at radius 2 is 1.54 bits per heavy atom. The van der Waals surface area contributed by atoms with Gasteiger partial charge in [-0.05, 0) is 185 Å². The van der Waals surface area contributed by atoms with Gasteiger partial charge < -0.3 is 62.9 Å². The lowest BCUT2D eigenvalue weighted by Crippen LogP contribution is -2.41. The van der Waals surface area contributed by atoms with Crippen molar-refractivity contribution in [1.82, 2.24) is 50.1 Å². The van der Waals surface area contributed by atoms with Crippen LogP contribution in [0.15, 0.2) is 163 Å². The fourth-order valence-electron chi connectivity index (χ4n) is 13.5. The van der Waals surface area contributed by atoms with Gasteiger partial charge in [-0.3, -0.25) is 19.4 Å². The van der Waals surface area contributed by atoms with Crippen LogP contribution in [0.25, 0.3) is 49.8 Å². The third-order valence-electron chi connectivity index (χ3n) is 19.6. The molecule has 0 bridgehead atoms. The molecule has 0 aliphatic carbocycles. The van der Waals surface area contributed by atoms with Crippen molar-refractivity contribution in [2.75, 3.05) is 54.0 Å². The number of aliphatic imine (C=N–C) groups is 1. The van der Waals surface area contributed by atoms with Crippen molar-refractivity contribution < 1.29 is 27.6 Å². The number of benzene rings is 7. The zero-order valence-corrected chi connectivity index (χ0v) is 67.5. The first-order chi connectivity index (χ1) is 53.1. The molecule has 12 aromatic rings. The molecule has 0 radical (unpaired) electrons. The van der Waals surface area contributed by atoms with Gasteiger partial charge in [-0.1, -0.05) is 144 Å². The highest BCUT2D eigenvalue weighted by molar-refractivity contribution is 8.17. The molecule has 0 saturated carbocycles. The summed E-state index contributed by atoms with van der Waals surface area (Å²) in [6, 6.07) is 39.4. The topological polar surface area (TPSA) is 297 Å². The largest absolute Gasteiger partial charge is 0.416 e. The van der Waals surface area contributed by atoms with Crippen LogP contribution >= 0.6 is 62.4 Å². The van der Waals surface area contributed by atoms with E-state index in [2.05, 4.69) is 115 Å². The number of nitrogens with two attached hydrogens (primary N) is 3. The van der Waals surface area contributed by atoms with E-state index in [0.717, 1.165) is 155 Å². The lowest BCUT2D eigenvalue weighted by molar-refractivity contribution is -0.137. The molecule has 0 spiro atoms. The predicted molar refractivity (Wildman–Crippen MR) is 459 cm³/mol. The third kappa shape index (κ3) is 21.7. The van der Waals surface area contributed by atoms with E-state index in [1.807, 2.05) is 79.9 Å². The molecule has 586 valence electrons. The maximum atomic E-state index is 13.7. The highest BCUT2D eigenvalue weighted by Crippen LogP contribution is 2.38. The number of nitrogens with zero attached hydrogens (tertiary/aromatic N) is 7. The number of primary amides is 1. The summed E-state index contributed by atoms with van der Waals surface area (Å²) >= 11 is 24.4. The number of piperidine rings is 1. The number of fused-ring (bicyclic) bond motifs is 4. The second-order valence-corrected chi connectivity index (χ2v) is 32.4. The van der Waals surface area contributed by atoms with E-state index >= 15 is 0 Å². The Bertz CT molecular complexity index is 5430. The van der Waals surface area contributed by atoms with Crippen LogP contribution < -0.4 is 43.4 Å². The fourth-order valence-corrected chi connectivity index (χ4v) is 14.5. The van der Waals surface area contributed by atoms with E-state index in [0.29, 0.717) is 80.0 Å². The molecule has 8 heterocycles. The predicted octanol–water partition coefficient (Wildman–Crippen LogP) is 18.1. The Balaban J connectivity index is 0.000000166. The summed E-state index contributed by atoms with van der Waals surface area (Å²) in [7, 11) is 7.39. The van der Waals surface area contributed by atoms with Gasteiger partial charge in [0.2, 0.25) is 11.8 Å². The van der Waals surface area contributed by atoms with Crippen LogP contribution in [-0.2, 0) is 58.1 Å². The van der Waals surface area contributed by atoms with E-state index in [1.165, 1.54) is 49.8 Å². The number of halogens is 7. The number of aryl methyl sites for hydroxylation is 4. The minimum Gasteiger partial charge on any atom is -0.382 e. The Labute approximate surface area is 676 Å². The molecule has 3 amide bonds. The highest BCUT2D eigenvalue weighted by Gasteiger charge is 2.33. The molecule has 30 heteroatoms. The Kier molecular flexibility index (Phi) is 29.3. The number of nitrogens with one attached hydrogen (secondary N) is 7. The number of alkyl halides is 3. The van der Waals surface area contributed by atoms with E-state index in [9.17, 15) is 27.6 Å². The van der Waals surface area contributed by atoms with Gasteiger partial charge in [-0.2, -0.15) is 13.2 Å². The molecule has 112 heavy (non-hydrogen) atoms. The Hall–Kier alpha value is -9.29. The molecule has 20 nitrogen and oxygen atoms in total. The molecule has 13 N–H and O–H groups in total. The van der Waals surface area contributed by atoms with Crippen molar-refractivity contribution >= 4 is 152 Å². The molecule has 1 unspecified atom stereocenters. The number of nitrogen functional groups attached to an aromatic ring is 1. The van der Waals surface area contributed by atoms with Crippen molar-refractivity contribution in [3.63, 3.8) is 0 Å². The molecule has 5 aromatic heterocycles. The fraction of sp³-hybridized carbons (Fsp3) is 0.293. The number of aromatic nitrogens is 8. The summed E-state index contributed by atoms with van der Waals surface area (Å²) in [5.74, 6) is 1.08. The highest BCUT2D eigenvalue weighted by atomic mass is 35.5. The smallest absolute Gasteiger partial charge is 0.382 e. The third-order valence-corrected chi connectivity index (χ3v) is 20.9. The van der Waals surface area contributed by atoms with E-state index in [4.69, 9.17) is 68.6 Å². The number of imidazole rings is 2. The minimum atomic E-state index is -4.62. The van der Waals surface area contributed by atoms with Crippen LogP contribution in [0, 0.1) is 19.3 Å². The summed E-state index contributed by atoms with van der Waals surface area (Å²) in [4.78, 5) is 71.2. The average molecular weight is 1650 g/mol. The first kappa shape index (κ1) is 85.1. The number of hydrogen-bond donors (Lipinski definition) is 10. The molecular formula is C82H90Cl4F3N17O3P2S. The maximum absolute atomic E-state index is 13.7. The van der Waals surface area contributed by atoms with Crippen molar-refractivity contribution in [3.8, 4) is 16.9 Å². The van der Waals surface area contributed by atoms with Gasteiger partial charge in [0.05, 0.1) is 68.5 Å². The van der Waals surface area contributed by atoms with Crippen molar-refractivity contribution in [1.29, 1.82) is 0 Å². The van der Waals surface area contributed by atoms with Gasteiger partial charge >= 0.3 is 6.18 Å². The SMILES string of the molecule is C.CC1(C)CCN(c2cnc(-c3cccc(Cl)c3Cl)c(N)n2)CC1.Cc1[nH]c2cc(Cl)cc(Cl)c2c1CCN.Cc1cncn1-c1cc(C(=O)Nc2cccc(CCc3ccc4c(c3)CN=C4CN[C@@H](C)C(N)=O)c2)cc(C(F)(F)F)c1.O=C(Nc1ccc2nc(Cc3c[nH]c4ccccc34)[nH]c2c1)C1CCCN1.P=S=P. The van der Waals surface area contributed by atoms with Gasteiger partial charge in [0.1, 0.15) is 17.3 Å². The Morgan fingerprint density at radius 1 is 0.795 bits per heavy atom. The van der Waals surface area contributed by atoms with Gasteiger partial charge in [0.25, 0.3) is 5.91 Å². The van der Waals surface area contributed by atoms with E-state index in [1.54, 1.807) is 44.3 Å². The van der Waals surface area contributed by atoms with Crippen molar-refractivity contribution in [2.24, 2.45) is 21.9 Å². The standard InChI is InChI=1S/C32H31F3N6O2.C21H21N5O.C17H20Cl2N4.C11H12Cl2N2.CH4.H2P2S/c1-19-15-37-18-41(19)27-13-23(12-25(14-27)32(33,34)35)31(43)40-26-5-3-4-21(11-26)6-7-22-8-9-28-24(10-22)16-39-29(28)17-38-20(2)30(36)42;27-21(18-6-3-9-22-18)24-14-7-8-17-19(11-14)26-20(25-17)10-13-12-23-16-5-2-1-4-15(13)16;1-17(2)6-8-23(9-7-17)13-10-21-15(16(20)22-13)11-4-3-5-12(18)14(11)19;1-6-8(2-3-14)11-9(13)4-7(12)5-10(11)15-6;;1-3-2/h3-5,8-15,18,20,38H,6-7,16-17H2,1-2H3,(H2,36,42)(H,40,43);1-2,4-5,7-8,11-12,18,22-23H,3,6,9-10H2,(H,24,27)(H,25,26);3-5,10H,6-9H2,1-2H3,(H2,20,22);4-5,15H,2-3,14H2,1H3;1H4;1-2H/t20-;;;;;/m0...../s1. The molecular weight excluding hydrogens is 1560 g/mol.